The molecule has 1 aliphatic rings. The van der Waals surface area contributed by atoms with E-state index in [1.807, 2.05) is 0 Å². The molecule has 2 aromatic rings. The third kappa shape index (κ3) is 1.95. The largest absolute Gasteiger partial charge is 0.363 e. The SMILES string of the molecule is CC(c1ccccc1)N1CCc2cccc(Br)c21. The lowest BCUT2D eigenvalue weighted by Crippen LogP contribution is -2.24. The van der Waals surface area contributed by atoms with Gasteiger partial charge in [0.15, 0.2) is 0 Å². The molecule has 0 saturated carbocycles. The number of halogens is 1. The van der Waals surface area contributed by atoms with Crippen LogP contribution in [-0.2, 0) is 6.42 Å². The van der Waals surface area contributed by atoms with Gasteiger partial charge in [0.25, 0.3) is 0 Å². The van der Waals surface area contributed by atoms with E-state index in [9.17, 15) is 0 Å². The number of benzene rings is 2. The van der Waals surface area contributed by atoms with Crippen LogP contribution >= 0.6 is 15.9 Å². The van der Waals surface area contributed by atoms with Crippen LogP contribution in [-0.4, -0.2) is 6.54 Å². The highest BCUT2D eigenvalue weighted by atomic mass is 79.9. The van der Waals surface area contributed by atoms with E-state index >= 15 is 0 Å². The Bertz CT molecular complexity index is 550. The first-order chi connectivity index (χ1) is 8.77. The van der Waals surface area contributed by atoms with Crippen molar-refractivity contribution in [2.45, 2.75) is 19.4 Å². The molecule has 1 atom stereocenters. The Morgan fingerprint density at radius 1 is 1.06 bits per heavy atom. The molecule has 1 heterocycles. The third-order valence-corrected chi connectivity index (χ3v) is 4.37. The molecule has 0 aromatic heterocycles. The Morgan fingerprint density at radius 3 is 2.61 bits per heavy atom. The highest BCUT2D eigenvalue weighted by Crippen LogP contribution is 2.39. The van der Waals surface area contributed by atoms with Crippen LogP contribution in [0.25, 0.3) is 0 Å². The Balaban J connectivity index is 1.97. The molecule has 0 N–H and O–H groups in total. The van der Waals surface area contributed by atoms with Gasteiger partial charge in [-0.3, -0.25) is 0 Å². The van der Waals surface area contributed by atoms with Gasteiger partial charge in [0.2, 0.25) is 0 Å². The molecule has 2 heteroatoms. The maximum atomic E-state index is 3.69. The van der Waals surface area contributed by atoms with Crippen LogP contribution in [0.1, 0.15) is 24.1 Å². The minimum atomic E-state index is 0.422. The summed E-state index contributed by atoms with van der Waals surface area (Å²) < 4.78 is 1.21. The number of fused-ring (bicyclic) bond motifs is 1. The normalized spacial score (nSPS) is 15.6. The smallest absolute Gasteiger partial charge is 0.0549 e. The lowest BCUT2D eigenvalue weighted by atomic mass is 10.1. The van der Waals surface area contributed by atoms with Crippen molar-refractivity contribution in [3.8, 4) is 0 Å². The molecule has 3 rings (SSSR count). The number of hydrogen-bond acceptors (Lipinski definition) is 1. The molecule has 1 aliphatic heterocycles. The molecule has 0 spiro atoms. The van der Waals surface area contributed by atoms with Crippen molar-refractivity contribution in [3.63, 3.8) is 0 Å². The van der Waals surface area contributed by atoms with E-state index in [2.05, 4.69) is 76.3 Å². The van der Waals surface area contributed by atoms with Gasteiger partial charge in [-0.2, -0.15) is 0 Å². The minimum absolute atomic E-state index is 0.422. The van der Waals surface area contributed by atoms with E-state index in [1.54, 1.807) is 0 Å². The van der Waals surface area contributed by atoms with Crippen molar-refractivity contribution in [1.29, 1.82) is 0 Å². The topological polar surface area (TPSA) is 3.24 Å². The zero-order valence-corrected chi connectivity index (χ0v) is 12.0. The Morgan fingerprint density at radius 2 is 1.83 bits per heavy atom. The number of hydrogen-bond donors (Lipinski definition) is 0. The number of anilines is 1. The second-order valence-corrected chi connectivity index (χ2v) is 5.63. The fourth-order valence-electron chi connectivity index (χ4n) is 2.73. The van der Waals surface area contributed by atoms with E-state index in [0.29, 0.717) is 6.04 Å². The predicted octanol–water partition coefficient (Wildman–Crippen LogP) is 4.57. The van der Waals surface area contributed by atoms with Crippen molar-refractivity contribution in [2.24, 2.45) is 0 Å². The summed E-state index contributed by atoms with van der Waals surface area (Å²) in [6.07, 6.45) is 1.14. The number of para-hydroxylation sites is 1. The van der Waals surface area contributed by atoms with E-state index < -0.39 is 0 Å². The molecule has 0 amide bonds. The quantitative estimate of drug-likeness (QED) is 0.785. The summed E-state index contributed by atoms with van der Waals surface area (Å²) in [5.74, 6) is 0. The van der Waals surface area contributed by atoms with Crippen molar-refractivity contribution >= 4 is 21.6 Å². The molecule has 0 fully saturated rings. The summed E-state index contributed by atoms with van der Waals surface area (Å²) in [6.45, 7) is 3.39. The van der Waals surface area contributed by atoms with Crippen LogP contribution in [0.4, 0.5) is 5.69 Å². The fraction of sp³-hybridized carbons (Fsp3) is 0.250. The third-order valence-electron chi connectivity index (χ3n) is 3.73. The van der Waals surface area contributed by atoms with Gasteiger partial charge in [-0.1, -0.05) is 42.5 Å². The first-order valence-electron chi connectivity index (χ1n) is 6.36. The Kier molecular flexibility index (Phi) is 3.13. The average Bonchev–Trinajstić information content (AvgIpc) is 2.84. The van der Waals surface area contributed by atoms with Crippen molar-refractivity contribution in [1.82, 2.24) is 0 Å². The number of nitrogens with zero attached hydrogens (tertiary/aromatic N) is 1. The summed E-state index contributed by atoms with van der Waals surface area (Å²) >= 11 is 3.69. The molecule has 0 saturated heterocycles. The fourth-order valence-corrected chi connectivity index (χ4v) is 3.37. The average molecular weight is 302 g/mol. The summed E-state index contributed by atoms with van der Waals surface area (Å²) in [5.41, 5.74) is 4.20. The van der Waals surface area contributed by atoms with Crippen LogP contribution in [0, 0.1) is 0 Å². The van der Waals surface area contributed by atoms with Crippen LogP contribution in [0.5, 0.6) is 0 Å². The van der Waals surface area contributed by atoms with Crippen molar-refractivity contribution in [2.75, 3.05) is 11.4 Å². The van der Waals surface area contributed by atoms with Crippen LogP contribution in [0.3, 0.4) is 0 Å². The van der Waals surface area contributed by atoms with Crippen LogP contribution in [0.15, 0.2) is 53.0 Å². The van der Waals surface area contributed by atoms with Gasteiger partial charge < -0.3 is 4.90 Å². The summed E-state index contributed by atoms with van der Waals surface area (Å²) in [4.78, 5) is 2.49. The molecule has 92 valence electrons. The van der Waals surface area contributed by atoms with Gasteiger partial charge in [-0.05, 0) is 46.5 Å². The highest BCUT2D eigenvalue weighted by molar-refractivity contribution is 9.10. The Labute approximate surface area is 117 Å². The molecular formula is C16H16BrN. The standard InChI is InChI=1S/C16H16BrN/c1-12(13-6-3-2-4-7-13)18-11-10-14-8-5-9-15(17)16(14)18/h2-9,12H,10-11H2,1H3. The minimum Gasteiger partial charge on any atom is -0.363 e. The zero-order chi connectivity index (χ0) is 12.5. The summed E-state index contributed by atoms with van der Waals surface area (Å²) in [5, 5.41) is 0. The second kappa shape index (κ2) is 4.77. The first kappa shape index (κ1) is 11.8. The second-order valence-electron chi connectivity index (χ2n) is 4.78. The van der Waals surface area contributed by atoms with Gasteiger partial charge >= 0.3 is 0 Å². The molecule has 0 radical (unpaired) electrons. The lowest BCUT2D eigenvalue weighted by Gasteiger charge is -2.28. The molecular weight excluding hydrogens is 286 g/mol. The van der Waals surface area contributed by atoms with Crippen molar-refractivity contribution < 1.29 is 0 Å². The zero-order valence-electron chi connectivity index (χ0n) is 10.4. The summed E-state index contributed by atoms with van der Waals surface area (Å²) in [7, 11) is 0. The molecule has 0 aliphatic carbocycles. The molecule has 1 unspecified atom stereocenters. The van der Waals surface area contributed by atoms with Gasteiger partial charge in [0, 0.05) is 11.0 Å². The predicted molar refractivity (Wildman–Crippen MR) is 80.0 cm³/mol. The van der Waals surface area contributed by atoms with Crippen LogP contribution in [0.2, 0.25) is 0 Å². The maximum absolute atomic E-state index is 3.69. The molecule has 0 bridgehead atoms. The van der Waals surface area contributed by atoms with Gasteiger partial charge in [0.1, 0.15) is 0 Å². The maximum Gasteiger partial charge on any atom is 0.0549 e. The molecule has 1 nitrogen and oxygen atoms in total. The van der Waals surface area contributed by atoms with E-state index in [1.165, 1.54) is 21.3 Å². The van der Waals surface area contributed by atoms with Crippen molar-refractivity contribution in [3.05, 3.63) is 64.1 Å². The van der Waals surface area contributed by atoms with E-state index in [4.69, 9.17) is 0 Å². The van der Waals surface area contributed by atoms with E-state index in [0.717, 1.165) is 13.0 Å². The first-order valence-corrected chi connectivity index (χ1v) is 7.15. The van der Waals surface area contributed by atoms with Gasteiger partial charge in [-0.25, -0.2) is 0 Å². The summed E-state index contributed by atoms with van der Waals surface area (Å²) in [6, 6.07) is 17.6. The molecule has 18 heavy (non-hydrogen) atoms. The highest BCUT2D eigenvalue weighted by Gasteiger charge is 2.25. The molecule has 2 aromatic carbocycles. The lowest BCUT2D eigenvalue weighted by molar-refractivity contribution is 0.696. The monoisotopic (exact) mass is 301 g/mol. The Hall–Kier alpha value is -1.28. The number of rotatable bonds is 2. The van der Waals surface area contributed by atoms with Gasteiger partial charge in [0.05, 0.1) is 11.7 Å². The van der Waals surface area contributed by atoms with E-state index in [-0.39, 0.29) is 0 Å². The van der Waals surface area contributed by atoms with Crippen LogP contribution < -0.4 is 4.90 Å². The van der Waals surface area contributed by atoms with Gasteiger partial charge in [-0.15, -0.1) is 0 Å².